The summed E-state index contributed by atoms with van der Waals surface area (Å²) in [5, 5.41) is 0. The molecule has 0 aromatic heterocycles. The number of hydrogen-bond donors (Lipinski definition) is 0. The van der Waals surface area contributed by atoms with Gasteiger partial charge in [-0.3, -0.25) is 0 Å². The number of unbranched alkanes of at least 4 members (excludes halogenated alkanes) is 4. The maximum Gasteiger partial charge on any atom is 0.161 e. The van der Waals surface area contributed by atoms with E-state index < -0.39 is 44.0 Å². The molecule has 21 heterocycles. The number of rotatable bonds is 4. The fourth-order valence-corrected chi connectivity index (χ4v) is 14.2. The third kappa shape index (κ3) is 13.8. The van der Waals surface area contributed by atoms with E-state index in [-0.39, 0.29) is 168 Å². The van der Waals surface area contributed by atoms with Gasteiger partial charge < -0.3 is 66.3 Å². The van der Waals surface area contributed by atoms with Crippen LogP contribution in [-0.4, -0.2) is 129 Å². The van der Waals surface area contributed by atoms with Crippen molar-refractivity contribution >= 4 is 0 Å². The fraction of sp³-hybridized carbons (Fsp3) is 1.00. The lowest BCUT2D eigenvalue weighted by atomic mass is 9.81. The summed E-state index contributed by atoms with van der Waals surface area (Å²) < 4.78 is 96.1. The Morgan fingerprint density at radius 1 is 0.169 bits per heavy atom. The minimum Gasteiger partial charge on any atom is -0.347 e. The first-order valence-corrected chi connectivity index (χ1v) is 31.5. The first kappa shape index (κ1) is 64.0. The number of ether oxygens (including phenoxy) is 14. The Labute approximate surface area is 468 Å². The maximum absolute atomic E-state index is 6.97. The van der Waals surface area contributed by atoms with E-state index in [9.17, 15) is 0 Å². The molecule has 0 saturated carbocycles. The van der Waals surface area contributed by atoms with Gasteiger partial charge in [0.05, 0.1) is 85.5 Å². The summed E-state index contributed by atoms with van der Waals surface area (Å²) >= 11 is 0. The van der Waals surface area contributed by atoms with Crippen molar-refractivity contribution in [1.82, 2.24) is 0 Å². The Kier molecular flexibility index (Phi) is 22.8. The summed E-state index contributed by atoms with van der Waals surface area (Å²) in [6.07, 6.45) is 1.23. The van der Waals surface area contributed by atoms with Gasteiger partial charge in [0, 0.05) is 41.4 Å². The predicted molar refractivity (Wildman–Crippen MR) is 297 cm³/mol. The Bertz CT molecular complexity index is 1440. The van der Waals surface area contributed by atoms with E-state index in [1.165, 1.54) is 32.1 Å². The van der Waals surface area contributed by atoms with Gasteiger partial charge in [0.1, 0.15) is 0 Å². The van der Waals surface area contributed by atoms with Crippen LogP contribution < -0.4 is 0 Å². The van der Waals surface area contributed by atoms with E-state index in [1.807, 2.05) is 0 Å². The molecule has 35 atom stereocenters. The van der Waals surface area contributed by atoms with Crippen LogP contribution >= 0.6 is 0 Å². The zero-order valence-electron chi connectivity index (χ0n) is 52.5. The highest BCUT2D eigenvalue weighted by Crippen LogP contribution is 2.47. The Hall–Kier alpha value is -0.560. The molecule has 21 fully saturated rings. The molecule has 77 heavy (non-hydrogen) atoms. The summed E-state index contributed by atoms with van der Waals surface area (Å²) in [5.74, 6) is 1.37. The van der Waals surface area contributed by atoms with Crippen LogP contribution in [0.2, 0.25) is 0 Å². The first-order chi connectivity index (χ1) is 36.3. The van der Waals surface area contributed by atoms with E-state index in [2.05, 4.69) is 159 Å². The Balaban J connectivity index is 0.00000115. The van der Waals surface area contributed by atoms with Gasteiger partial charge in [-0.05, 0) is 89.9 Å². The highest BCUT2D eigenvalue weighted by atomic mass is 16.8. The molecule has 0 N–H and O–H groups in total. The van der Waals surface area contributed by atoms with Gasteiger partial charge >= 0.3 is 0 Å². The molecule has 21 saturated heterocycles. The van der Waals surface area contributed by atoms with Gasteiger partial charge in [-0.2, -0.15) is 0 Å². The number of hydrogen-bond acceptors (Lipinski definition) is 14. The van der Waals surface area contributed by atoms with E-state index in [0.717, 1.165) is 0 Å². The zero-order chi connectivity index (χ0) is 56.6. The predicted octanol–water partition coefficient (Wildman–Crippen LogP) is 12.8. The second-order valence-corrected chi connectivity index (χ2v) is 26.8. The van der Waals surface area contributed by atoms with Crippen molar-refractivity contribution in [1.29, 1.82) is 0 Å². The van der Waals surface area contributed by atoms with Gasteiger partial charge in [-0.25, -0.2) is 0 Å². The molecule has 0 aromatic carbocycles. The second kappa shape index (κ2) is 27.4. The smallest absolute Gasteiger partial charge is 0.161 e. The average molecular weight is 1100 g/mol. The molecule has 0 amide bonds. The third-order valence-electron chi connectivity index (χ3n) is 21.4. The van der Waals surface area contributed by atoms with Crippen LogP contribution in [0.25, 0.3) is 0 Å². The minimum atomic E-state index is -0.419. The van der Waals surface area contributed by atoms with Gasteiger partial charge in [0.25, 0.3) is 0 Å². The molecule has 450 valence electrons. The van der Waals surface area contributed by atoms with Crippen LogP contribution in [0.4, 0.5) is 0 Å². The van der Waals surface area contributed by atoms with Crippen LogP contribution in [-0.2, 0) is 66.3 Å². The lowest BCUT2D eigenvalue weighted by Crippen LogP contribution is -2.59. The van der Waals surface area contributed by atoms with Crippen molar-refractivity contribution in [3.05, 3.63) is 0 Å². The SMILES string of the molecule is CC1[C@@H]2OC(C)[C@@H](O[C@@H]3OC(C)[C@@H](O[C@@H]4OC(C)[C@@H](O[C@H]5OC(C)[C@@H](O[C@@H]6OC(C)[C@@H](O[C@@H]7OC(C)[C@@H](O[C@@H]8OC(C)[C@@H](O2)[C@H](C)C8C)[C@H](C)C7C)[C@H](C)C6C)[C@H](C)C5C)[C@H](C)C4C)[C@H](C)C3C)[C@@H]1C.CCCCCCC. The summed E-state index contributed by atoms with van der Waals surface area (Å²) in [5.41, 5.74) is 0. The highest BCUT2D eigenvalue weighted by Gasteiger charge is 2.54. The van der Waals surface area contributed by atoms with Crippen LogP contribution in [0.1, 0.15) is 191 Å². The molecule has 14 unspecified atom stereocenters. The fourth-order valence-electron chi connectivity index (χ4n) is 14.2. The largest absolute Gasteiger partial charge is 0.347 e. The summed E-state index contributed by atoms with van der Waals surface area (Å²) in [4.78, 5) is 0. The molecule has 14 nitrogen and oxygen atoms in total. The van der Waals surface area contributed by atoms with E-state index in [0.29, 0.717) is 0 Å². The lowest BCUT2D eigenvalue weighted by molar-refractivity contribution is -0.364. The van der Waals surface area contributed by atoms with E-state index >= 15 is 0 Å². The Morgan fingerprint density at radius 3 is 0.416 bits per heavy atom. The van der Waals surface area contributed by atoms with Crippen molar-refractivity contribution in [3.8, 4) is 0 Å². The maximum atomic E-state index is 6.97. The molecule has 0 aliphatic carbocycles. The molecular weight excluding hydrogens is 981 g/mol. The third-order valence-corrected chi connectivity index (χ3v) is 21.4. The van der Waals surface area contributed by atoms with Crippen LogP contribution in [0, 0.1) is 82.9 Å². The Morgan fingerprint density at radius 2 is 0.299 bits per heavy atom. The van der Waals surface area contributed by atoms with Crippen molar-refractivity contribution in [2.75, 3.05) is 0 Å². The second-order valence-electron chi connectivity index (χ2n) is 26.8. The zero-order valence-corrected chi connectivity index (χ0v) is 52.5. The van der Waals surface area contributed by atoms with Crippen molar-refractivity contribution < 1.29 is 66.3 Å². The standard InChI is InChI=1S/C56H98O14.C7H16/c1-22-29(8)50-57-36(15)43(22)64-51-30(9)23(2)45(38(17)58-51)66-53-32(11)25(4)47(40(19)60-53)68-55-34(13)27(6)49(42(21)62-55)70-56-35(14)28(7)48(41(20)63-56)69-54-33(12)26(5)46(39(18)61-54)67-52-31(10)24(3)44(65-50)37(16)59-52;1-3-5-7-6-4-2/h22-56H,1-21H3;3-7H2,1-2H3/t22-,23-,24-,25-,26-,27-,28-,29?,30?,31?,32?,33?,34?,35?,36?,37?,38?,39?,40?,41?,42?,43+,44+,45+,46+,47+,48+,49+,50-,51+,52+,53+,54+,55-,56+;/m1./s1. The van der Waals surface area contributed by atoms with Crippen LogP contribution in [0.3, 0.4) is 0 Å². The average Bonchev–Trinajstić information content (AvgIpc) is 3.38. The summed E-state index contributed by atoms with van der Waals surface area (Å²) in [6.45, 7) is 50.4. The quantitative estimate of drug-likeness (QED) is 0.248. The van der Waals surface area contributed by atoms with Crippen LogP contribution in [0.15, 0.2) is 0 Å². The van der Waals surface area contributed by atoms with Gasteiger partial charge in [0.15, 0.2) is 44.0 Å². The van der Waals surface area contributed by atoms with Gasteiger partial charge in [-0.1, -0.05) is 143 Å². The first-order valence-electron chi connectivity index (χ1n) is 31.5. The molecule has 0 aromatic rings. The summed E-state index contributed by atoms with van der Waals surface area (Å²) in [7, 11) is 0. The molecule has 14 heteroatoms. The normalized spacial score (nSPS) is 55.1. The molecule has 14 bridgehead atoms. The van der Waals surface area contributed by atoms with Gasteiger partial charge in [-0.15, -0.1) is 0 Å². The highest BCUT2D eigenvalue weighted by molar-refractivity contribution is 4.96. The van der Waals surface area contributed by atoms with E-state index in [1.54, 1.807) is 0 Å². The molecular formula is C63H114O14. The lowest BCUT2D eigenvalue weighted by Gasteiger charge is -2.51. The van der Waals surface area contributed by atoms with Crippen molar-refractivity contribution in [2.24, 2.45) is 82.9 Å². The minimum absolute atomic E-state index is 0.0576. The van der Waals surface area contributed by atoms with Crippen molar-refractivity contribution in [3.63, 3.8) is 0 Å². The molecule has 21 aliphatic heterocycles. The van der Waals surface area contributed by atoms with E-state index in [4.69, 9.17) is 66.3 Å². The molecule has 0 radical (unpaired) electrons. The summed E-state index contributed by atoms with van der Waals surface area (Å²) in [6, 6.07) is 0. The van der Waals surface area contributed by atoms with Crippen LogP contribution in [0.5, 0.6) is 0 Å². The van der Waals surface area contributed by atoms with Gasteiger partial charge in [0.2, 0.25) is 0 Å². The topological polar surface area (TPSA) is 129 Å². The monoisotopic (exact) mass is 1090 g/mol. The molecule has 21 rings (SSSR count). The molecule has 0 spiro atoms. The van der Waals surface area contributed by atoms with Crippen molar-refractivity contribution in [2.45, 2.75) is 321 Å². The molecule has 21 aliphatic rings.